The number of nitrogens with one attached hydrogen (secondary N) is 2. The zero-order chi connectivity index (χ0) is 12.6. The molecule has 0 aliphatic rings. The number of fused-ring (bicyclic) bond motifs is 1. The van der Waals surface area contributed by atoms with Gasteiger partial charge in [0.25, 0.3) is 0 Å². The number of thiophene rings is 1. The van der Waals surface area contributed by atoms with Crippen LogP contribution in [0.1, 0.15) is 18.4 Å². The first-order valence-electron chi connectivity index (χ1n) is 6.72. The zero-order valence-electron chi connectivity index (χ0n) is 11.0. The normalized spacial score (nSPS) is 11.2. The lowest BCUT2D eigenvalue weighted by molar-refractivity contribution is 0.606. The maximum atomic E-state index is 3.52. The first kappa shape index (κ1) is 13.5. The van der Waals surface area contributed by atoms with Gasteiger partial charge < -0.3 is 10.6 Å². The summed E-state index contributed by atoms with van der Waals surface area (Å²) in [6.07, 6.45) is 3.64. The van der Waals surface area contributed by atoms with Crippen molar-refractivity contribution in [1.29, 1.82) is 0 Å². The molecule has 0 bridgehead atoms. The van der Waals surface area contributed by atoms with Gasteiger partial charge in [-0.2, -0.15) is 0 Å². The van der Waals surface area contributed by atoms with Crippen LogP contribution in [0.5, 0.6) is 0 Å². The largest absolute Gasteiger partial charge is 0.320 e. The number of benzene rings is 1. The predicted molar refractivity (Wildman–Crippen MR) is 81.6 cm³/mol. The van der Waals surface area contributed by atoms with Crippen LogP contribution in [0.2, 0.25) is 0 Å². The summed E-state index contributed by atoms with van der Waals surface area (Å²) in [6, 6.07) is 8.68. The summed E-state index contributed by atoms with van der Waals surface area (Å²) in [5, 5.41) is 10.4. The van der Waals surface area contributed by atoms with E-state index in [-0.39, 0.29) is 0 Å². The van der Waals surface area contributed by atoms with Crippen LogP contribution < -0.4 is 10.6 Å². The Labute approximate surface area is 113 Å². The summed E-state index contributed by atoms with van der Waals surface area (Å²) in [6.45, 7) is 3.33. The molecule has 3 heteroatoms. The zero-order valence-corrected chi connectivity index (χ0v) is 11.9. The van der Waals surface area contributed by atoms with Gasteiger partial charge in [-0.05, 0) is 68.3 Å². The van der Waals surface area contributed by atoms with Crippen LogP contribution >= 0.6 is 11.3 Å². The van der Waals surface area contributed by atoms with Gasteiger partial charge in [0.1, 0.15) is 0 Å². The van der Waals surface area contributed by atoms with Gasteiger partial charge in [0.05, 0.1) is 0 Å². The summed E-state index contributed by atoms with van der Waals surface area (Å²) in [5.74, 6) is 0. The van der Waals surface area contributed by atoms with Gasteiger partial charge in [-0.15, -0.1) is 11.3 Å². The van der Waals surface area contributed by atoms with E-state index in [1.807, 2.05) is 18.4 Å². The summed E-state index contributed by atoms with van der Waals surface area (Å²) >= 11 is 1.85. The predicted octanol–water partition coefficient (Wildman–Crippen LogP) is 3.03. The summed E-state index contributed by atoms with van der Waals surface area (Å²) in [4.78, 5) is 0. The molecule has 1 aromatic carbocycles. The highest BCUT2D eigenvalue weighted by atomic mass is 32.1. The van der Waals surface area contributed by atoms with Gasteiger partial charge in [-0.3, -0.25) is 0 Å². The molecule has 0 aliphatic heterocycles. The topological polar surface area (TPSA) is 24.1 Å². The van der Waals surface area contributed by atoms with E-state index < -0.39 is 0 Å². The molecule has 0 unspecified atom stereocenters. The van der Waals surface area contributed by atoms with Crippen molar-refractivity contribution in [3.8, 4) is 0 Å². The SMILES string of the molecule is CNCCCCNCCc1csc2ccccc12. The molecule has 0 fully saturated rings. The molecule has 0 atom stereocenters. The third-order valence-corrected chi connectivity index (χ3v) is 4.17. The summed E-state index contributed by atoms with van der Waals surface area (Å²) in [5.41, 5.74) is 1.48. The lowest BCUT2D eigenvalue weighted by Crippen LogP contribution is -2.19. The van der Waals surface area contributed by atoms with E-state index in [1.165, 1.54) is 28.5 Å². The second-order valence-electron chi connectivity index (χ2n) is 4.57. The Morgan fingerprint density at radius 2 is 1.89 bits per heavy atom. The molecule has 18 heavy (non-hydrogen) atoms. The second kappa shape index (κ2) is 7.52. The molecule has 1 aromatic heterocycles. The maximum absolute atomic E-state index is 3.52. The Balaban J connectivity index is 1.70. The first-order valence-corrected chi connectivity index (χ1v) is 7.60. The van der Waals surface area contributed by atoms with Crippen LogP contribution in [-0.2, 0) is 6.42 Å². The van der Waals surface area contributed by atoms with Gasteiger partial charge >= 0.3 is 0 Å². The number of rotatable bonds is 8. The highest BCUT2D eigenvalue weighted by Gasteiger charge is 2.02. The first-order chi connectivity index (χ1) is 8.92. The van der Waals surface area contributed by atoms with Gasteiger partial charge in [-0.25, -0.2) is 0 Å². The fourth-order valence-electron chi connectivity index (χ4n) is 2.13. The van der Waals surface area contributed by atoms with E-state index in [4.69, 9.17) is 0 Å². The van der Waals surface area contributed by atoms with Crippen molar-refractivity contribution in [1.82, 2.24) is 10.6 Å². The van der Waals surface area contributed by atoms with Gasteiger partial charge in [-0.1, -0.05) is 18.2 Å². The van der Waals surface area contributed by atoms with E-state index in [1.54, 1.807) is 0 Å². The average molecular weight is 262 g/mol. The van der Waals surface area contributed by atoms with Crippen molar-refractivity contribution < 1.29 is 0 Å². The Morgan fingerprint density at radius 3 is 2.78 bits per heavy atom. The Hall–Kier alpha value is -0.900. The van der Waals surface area contributed by atoms with E-state index in [0.29, 0.717) is 0 Å². The Morgan fingerprint density at radius 1 is 1.06 bits per heavy atom. The quantitative estimate of drug-likeness (QED) is 0.715. The van der Waals surface area contributed by atoms with E-state index in [2.05, 4.69) is 40.3 Å². The minimum absolute atomic E-state index is 1.08. The Kier molecular flexibility index (Phi) is 5.65. The molecular formula is C15H22N2S. The van der Waals surface area contributed by atoms with Gasteiger partial charge in [0.15, 0.2) is 0 Å². The van der Waals surface area contributed by atoms with Crippen LogP contribution in [0.3, 0.4) is 0 Å². The molecule has 0 amide bonds. The molecule has 0 aliphatic carbocycles. The molecule has 2 nitrogen and oxygen atoms in total. The molecule has 98 valence electrons. The molecule has 2 N–H and O–H groups in total. The standard InChI is InChI=1S/C15H22N2S/c1-16-9-4-5-10-17-11-8-13-12-18-15-7-3-2-6-14(13)15/h2-3,6-7,12,16-17H,4-5,8-11H2,1H3. The molecule has 1 heterocycles. The number of hydrogen-bond donors (Lipinski definition) is 2. The van der Waals surface area contributed by atoms with Gasteiger partial charge in [0.2, 0.25) is 0 Å². The average Bonchev–Trinajstić information content (AvgIpc) is 2.81. The minimum Gasteiger partial charge on any atom is -0.320 e. The molecule has 0 radical (unpaired) electrons. The third kappa shape index (κ3) is 3.80. The highest BCUT2D eigenvalue weighted by Crippen LogP contribution is 2.25. The third-order valence-electron chi connectivity index (χ3n) is 3.16. The van der Waals surface area contributed by atoms with Gasteiger partial charge in [0, 0.05) is 4.70 Å². The lowest BCUT2D eigenvalue weighted by atomic mass is 10.1. The van der Waals surface area contributed by atoms with Crippen molar-refractivity contribution in [2.45, 2.75) is 19.3 Å². The molecular weight excluding hydrogens is 240 g/mol. The van der Waals surface area contributed by atoms with Crippen LogP contribution in [0, 0.1) is 0 Å². The second-order valence-corrected chi connectivity index (χ2v) is 5.48. The molecule has 0 spiro atoms. The van der Waals surface area contributed by atoms with E-state index in [0.717, 1.165) is 26.1 Å². The van der Waals surface area contributed by atoms with Crippen molar-refractivity contribution in [2.75, 3.05) is 26.7 Å². The van der Waals surface area contributed by atoms with Crippen molar-refractivity contribution in [3.63, 3.8) is 0 Å². The fraction of sp³-hybridized carbons (Fsp3) is 0.467. The van der Waals surface area contributed by atoms with Crippen molar-refractivity contribution in [2.24, 2.45) is 0 Å². The number of hydrogen-bond acceptors (Lipinski definition) is 3. The van der Waals surface area contributed by atoms with Crippen molar-refractivity contribution >= 4 is 21.4 Å². The molecule has 2 aromatic rings. The monoisotopic (exact) mass is 262 g/mol. The minimum atomic E-state index is 1.08. The summed E-state index contributed by atoms with van der Waals surface area (Å²) < 4.78 is 1.40. The van der Waals surface area contributed by atoms with Crippen LogP contribution in [0.15, 0.2) is 29.6 Å². The molecule has 0 saturated carbocycles. The van der Waals surface area contributed by atoms with Crippen LogP contribution in [0.4, 0.5) is 0 Å². The lowest BCUT2D eigenvalue weighted by Gasteiger charge is -2.04. The van der Waals surface area contributed by atoms with Crippen LogP contribution in [0.25, 0.3) is 10.1 Å². The van der Waals surface area contributed by atoms with E-state index >= 15 is 0 Å². The molecule has 2 rings (SSSR count). The smallest absolute Gasteiger partial charge is 0.0345 e. The number of unbranched alkanes of at least 4 members (excludes halogenated alkanes) is 1. The molecule has 0 saturated heterocycles. The van der Waals surface area contributed by atoms with E-state index in [9.17, 15) is 0 Å². The Bertz CT molecular complexity index is 464. The highest BCUT2D eigenvalue weighted by molar-refractivity contribution is 7.17. The van der Waals surface area contributed by atoms with Crippen LogP contribution in [-0.4, -0.2) is 26.7 Å². The fourth-order valence-corrected chi connectivity index (χ4v) is 3.12. The maximum Gasteiger partial charge on any atom is 0.0345 e. The van der Waals surface area contributed by atoms with Crippen molar-refractivity contribution in [3.05, 3.63) is 35.2 Å². The summed E-state index contributed by atoms with van der Waals surface area (Å²) in [7, 11) is 2.01.